The van der Waals surface area contributed by atoms with E-state index in [1.54, 1.807) is 12.2 Å². The lowest BCUT2D eigenvalue weighted by Gasteiger charge is -2.30. The molecule has 2 amide bonds. The molecule has 0 aromatic carbocycles. The second kappa shape index (κ2) is 20.8. The molecule has 3 heterocycles. The van der Waals surface area contributed by atoms with Gasteiger partial charge in [-0.2, -0.15) is 4.31 Å². The van der Waals surface area contributed by atoms with Crippen molar-refractivity contribution in [3.63, 3.8) is 0 Å². The number of nitrogens with zero attached hydrogens (tertiary/aromatic N) is 4. The zero-order chi connectivity index (χ0) is 41.9. The number of thioether (sulfide) groups is 1. The van der Waals surface area contributed by atoms with Crippen LogP contribution in [0.4, 0.5) is 5.82 Å². The Labute approximate surface area is 322 Å². The highest BCUT2D eigenvalue weighted by Gasteiger charge is 2.50. The van der Waals surface area contributed by atoms with Crippen LogP contribution in [0, 0.1) is 5.41 Å². The molecule has 0 aliphatic carbocycles. The number of allylic oxidation sites excluding steroid dienone is 1. The maximum atomic E-state index is 12.7. The highest BCUT2D eigenvalue weighted by Crippen LogP contribution is 2.61. The minimum absolute atomic E-state index is 0.0182. The molecule has 1 aliphatic heterocycles. The number of amides is 2. The zero-order valence-electron chi connectivity index (χ0n) is 29.8. The van der Waals surface area contributed by atoms with Gasteiger partial charge in [0.15, 0.2) is 22.8 Å². The third-order valence-corrected chi connectivity index (χ3v) is 11.5. The number of phosphoric ester groups is 3. The Balaban J connectivity index is 1.48. The summed E-state index contributed by atoms with van der Waals surface area (Å²) >= 11 is 1.01. The average molecular weight is 880 g/mol. The number of nitrogen functional groups attached to an aromatic ring is 1. The van der Waals surface area contributed by atoms with Crippen molar-refractivity contribution < 1.29 is 85.6 Å². The number of aliphatic hydroxyl groups is 3. The molecule has 29 heteroatoms. The number of imidazole rings is 1. The molecule has 316 valence electrons. The van der Waals surface area contributed by atoms with E-state index in [1.165, 1.54) is 13.8 Å². The van der Waals surface area contributed by atoms with E-state index in [9.17, 15) is 57.9 Å². The SMILES string of the molecule is CC(C)(COP(=O)(O)OP(=O)(O)OC[C@H]1O[C@@H](n2cnc3c(N)ncnc32)[C@H](O)[C@@H]1OP(=O)(O)O)[C@@H](O)C(=O)NCCC(=O)NCCSC(=O)C/C=C/CCO. The van der Waals surface area contributed by atoms with Gasteiger partial charge >= 0.3 is 23.5 Å². The van der Waals surface area contributed by atoms with Gasteiger partial charge in [-0.15, -0.1) is 0 Å². The van der Waals surface area contributed by atoms with E-state index in [-0.39, 0.29) is 54.6 Å². The second-order valence-electron chi connectivity index (χ2n) is 12.5. The monoisotopic (exact) mass is 879 g/mol. The Morgan fingerprint density at radius 2 is 1.77 bits per heavy atom. The topological polar surface area (TPSA) is 384 Å². The van der Waals surface area contributed by atoms with Crippen LogP contribution in [-0.2, 0) is 50.7 Å². The molecule has 0 radical (unpaired) electrons. The Morgan fingerprint density at radius 3 is 2.45 bits per heavy atom. The minimum atomic E-state index is -5.57. The van der Waals surface area contributed by atoms with Gasteiger partial charge in [0, 0.05) is 43.7 Å². The average Bonchev–Trinajstić information content (AvgIpc) is 3.66. The predicted molar refractivity (Wildman–Crippen MR) is 193 cm³/mol. The van der Waals surface area contributed by atoms with Crippen molar-refractivity contribution >= 4 is 69.1 Å². The van der Waals surface area contributed by atoms with Crippen molar-refractivity contribution in [2.45, 2.75) is 63.8 Å². The van der Waals surface area contributed by atoms with Crippen LogP contribution < -0.4 is 16.4 Å². The number of aliphatic hydroxyl groups excluding tert-OH is 3. The van der Waals surface area contributed by atoms with Gasteiger partial charge in [0.05, 0.1) is 19.5 Å². The Hall–Kier alpha value is -2.74. The van der Waals surface area contributed by atoms with E-state index in [1.807, 2.05) is 0 Å². The van der Waals surface area contributed by atoms with Crippen LogP contribution in [0.2, 0.25) is 0 Å². The number of hydrogen-bond acceptors (Lipinski definition) is 19. The van der Waals surface area contributed by atoms with Crippen molar-refractivity contribution in [3.05, 3.63) is 24.8 Å². The van der Waals surface area contributed by atoms with E-state index < -0.39 is 84.6 Å². The number of ether oxygens (including phenoxy) is 1. The van der Waals surface area contributed by atoms with Gasteiger partial charge in [-0.25, -0.2) is 28.6 Å². The van der Waals surface area contributed by atoms with Crippen LogP contribution >= 0.6 is 35.2 Å². The first kappa shape index (κ1) is 47.6. The fourth-order valence-corrected chi connectivity index (χ4v) is 8.20. The normalized spacial score (nSPS) is 21.8. The van der Waals surface area contributed by atoms with E-state index in [0.717, 1.165) is 29.0 Å². The van der Waals surface area contributed by atoms with Crippen molar-refractivity contribution in [2.75, 3.05) is 44.4 Å². The highest BCUT2D eigenvalue weighted by atomic mass is 32.2. The molecule has 0 spiro atoms. The summed E-state index contributed by atoms with van der Waals surface area (Å²) in [6.45, 7) is 0.392. The number of hydrogen-bond donors (Lipinski definition) is 10. The van der Waals surface area contributed by atoms with Gasteiger partial charge < -0.3 is 56.0 Å². The molecule has 0 saturated carbocycles. The maximum absolute atomic E-state index is 12.7. The minimum Gasteiger partial charge on any atom is -0.396 e. The van der Waals surface area contributed by atoms with E-state index in [2.05, 4.69) is 34.4 Å². The molecule has 3 rings (SSSR count). The van der Waals surface area contributed by atoms with Gasteiger partial charge in [-0.05, 0) is 6.42 Å². The lowest BCUT2D eigenvalue weighted by Crippen LogP contribution is -2.46. The predicted octanol–water partition coefficient (Wildman–Crippen LogP) is -1.01. The van der Waals surface area contributed by atoms with Crippen molar-refractivity contribution in [1.82, 2.24) is 30.2 Å². The molecule has 11 N–H and O–H groups in total. The summed E-state index contributed by atoms with van der Waals surface area (Å²) in [4.78, 5) is 87.2. The lowest BCUT2D eigenvalue weighted by molar-refractivity contribution is -0.137. The Kier molecular flexibility index (Phi) is 17.7. The van der Waals surface area contributed by atoms with Crippen molar-refractivity contribution in [1.29, 1.82) is 0 Å². The first-order valence-corrected chi connectivity index (χ1v) is 21.9. The zero-order valence-corrected chi connectivity index (χ0v) is 33.3. The largest absolute Gasteiger partial charge is 0.481 e. The first-order valence-electron chi connectivity index (χ1n) is 16.4. The number of nitrogens with one attached hydrogen (secondary N) is 2. The number of carbonyl (C=O) groups is 3. The molecule has 56 heavy (non-hydrogen) atoms. The number of fused-ring (bicyclic) bond motifs is 1. The molecular formula is C27H44N7O18P3S. The number of rotatable bonds is 23. The van der Waals surface area contributed by atoms with Gasteiger partial charge in [0.1, 0.15) is 36.3 Å². The smallest absolute Gasteiger partial charge is 0.396 e. The first-order chi connectivity index (χ1) is 26.1. The third-order valence-electron chi connectivity index (χ3n) is 7.51. The molecule has 2 aromatic heterocycles. The van der Waals surface area contributed by atoms with Crippen LogP contribution in [0.25, 0.3) is 11.2 Å². The standard InChI is InChI=1S/C27H44N7O18P3S/c1-27(2,22(39)25(40)30-8-7-17(36)29-9-11-56-18(37)6-4-3-5-10-35)13-49-55(46,47)52-54(44,45)48-12-16-21(51-53(41,42)43)20(38)26(50-16)34-15-33-19-23(28)31-14-32-24(19)34/h3-4,14-16,20-22,26,35,38-39H,5-13H2,1-2H3,(H,29,36)(H,30,40)(H,44,45)(H,46,47)(H2,28,31,32)(H2,41,42,43)/b4-3+/t16-,20-,21-,22+,26-/m1/s1. The maximum Gasteiger partial charge on any atom is 0.481 e. The number of nitrogens with two attached hydrogens (primary N) is 1. The van der Waals surface area contributed by atoms with E-state index in [0.29, 0.717) is 12.2 Å². The summed E-state index contributed by atoms with van der Waals surface area (Å²) in [6, 6.07) is 0. The molecular weight excluding hydrogens is 835 g/mol. The summed E-state index contributed by atoms with van der Waals surface area (Å²) in [5.41, 5.74) is 4.24. The van der Waals surface area contributed by atoms with Crippen LogP contribution in [0.5, 0.6) is 0 Å². The van der Waals surface area contributed by atoms with Gasteiger partial charge in [-0.3, -0.25) is 32.5 Å². The van der Waals surface area contributed by atoms with Crippen molar-refractivity contribution in [2.24, 2.45) is 5.41 Å². The van der Waals surface area contributed by atoms with E-state index in [4.69, 9.17) is 24.6 Å². The summed E-state index contributed by atoms with van der Waals surface area (Å²) in [5, 5.41) is 34.9. The van der Waals surface area contributed by atoms with Crippen LogP contribution in [-0.4, -0.2) is 134 Å². The Morgan fingerprint density at radius 1 is 1.07 bits per heavy atom. The van der Waals surface area contributed by atoms with Crippen molar-refractivity contribution in [3.8, 4) is 0 Å². The molecule has 2 unspecified atom stereocenters. The summed E-state index contributed by atoms with van der Waals surface area (Å²) in [5.74, 6) is -1.19. The molecule has 25 nitrogen and oxygen atoms in total. The summed E-state index contributed by atoms with van der Waals surface area (Å²) in [6.07, 6.45) is -3.03. The lowest BCUT2D eigenvalue weighted by atomic mass is 9.87. The number of aromatic nitrogens is 4. The van der Waals surface area contributed by atoms with Crippen LogP contribution in [0.3, 0.4) is 0 Å². The highest BCUT2D eigenvalue weighted by molar-refractivity contribution is 8.13. The molecule has 1 fully saturated rings. The van der Waals surface area contributed by atoms with Gasteiger partial charge in [0.25, 0.3) is 0 Å². The number of phosphoric acid groups is 3. The van der Waals surface area contributed by atoms with Crippen LogP contribution in [0.1, 0.15) is 39.3 Å². The quantitative estimate of drug-likeness (QED) is 0.0363. The summed E-state index contributed by atoms with van der Waals surface area (Å²) in [7, 11) is -16.4. The van der Waals surface area contributed by atoms with E-state index >= 15 is 0 Å². The van der Waals surface area contributed by atoms with Gasteiger partial charge in [0.2, 0.25) is 11.8 Å². The number of carbonyl (C=O) groups excluding carboxylic acids is 3. The molecule has 2 aromatic rings. The fraction of sp³-hybridized carbons (Fsp3) is 0.630. The van der Waals surface area contributed by atoms with Gasteiger partial charge in [-0.1, -0.05) is 37.8 Å². The Bertz CT molecular complexity index is 1850. The molecule has 0 bridgehead atoms. The second-order valence-corrected chi connectivity index (χ2v) is 17.9. The fourth-order valence-electron chi connectivity index (χ4n) is 4.73. The third kappa shape index (κ3) is 14.9. The number of anilines is 1. The summed E-state index contributed by atoms with van der Waals surface area (Å²) < 4.78 is 62.0. The molecule has 1 aliphatic rings. The van der Waals surface area contributed by atoms with Crippen LogP contribution in [0.15, 0.2) is 24.8 Å². The molecule has 7 atom stereocenters. The molecule has 1 saturated heterocycles.